The molecule has 0 saturated heterocycles. The molecule has 0 fully saturated rings. The highest BCUT2D eigenvalue weighted by Crippen LogP contribution is 2.24. The highest BCUT2D eigenvalue weighted by Gasteiger charge is 2.13. The van der Waals surface area contributed by atoms with E-state index in [2.05, 4.69) is 32.7 Å². The number of nitrogens with zero attached hydrogens (tertiary/aromatic N) is 1. The zero-order chi connectivity index (χ0) is 11.4. The number of benzene rings is 1. The Bertz CT molecular complexity index is 297. The molecule has 0 aliphatic carbocycles. The van der Waals surface area contributed by atoms with Gasteiger partial charge in [0.2, 0.25) is 0 Å². The molecule has 84 valence electrons. The van der Waals surface area contributed by atoms with E-state index < -0.39 is 0 Å². The average Bonchev–Trinajstić information content (AvgIpc) is 2.27. The van der Waals surface area contributed by atoms with E-state index in [1.807, 2.05) is 24.3 Å². The van der Waals surface area contributed by atoms with Gasteiger partial charge in [-0.15, -0.1) is 0 Å². The molecule has 1 rings (SSSR count). The Balaban J connectivity index is 2.78. The summed E-state index contributed by atoms with van der Waals surface area (Å²) in [6.45, 7) is 6.50. The van der Waals surface area contributed by atoms with Gasteiger partial charge in [-0.3, -0.25) is 4.90 Å². The molecule has 0 saturated carbocycles. The predicted octanol–water partition coefficient (Wildman–Crippen LogP) is 4.06. The lowest BCUT2D eigenvalue weighted by atomic mass is 10.1. The molecule has 0 bridgehead atoms. The van der Waals surface area contributed by atoms with Crippen molar-refractivity contribution in [1.29, 1.82) is 0 Å². The molecular formula is C12H18FNS. The third-order valence-corrected chi connectivity index (χ3v) is 3.33. The van der Waals surface area contributed by atoms with Crippen molar-refractivity contribution >= 4 is 12.1 Å². The maximum Gasteiger partial charge on any atom is 0.0812 e. The molecule has 0 aromatic heterocycles. The fourth-order valence-electron chi connectivity index (χ4n) is 1.48. The molecule has 1 aromatic rings. The van der Waals surface area contributed by atoms with E-state index in [1.165, 1.54) is 5.56 Å². The van der Waals surface area contributed by atoms with Crippen LogP contribution < -0.4 is 0 Å². The maximum absolute atomic E-state index is 12.3. The van der Waals surface area contributed by atoms with Gasteiger partial charge in [0.1, 0.15) is 0 Å². The lowest BCUT2D eigenvalue weighted by Crippen LogP contribution is -2.29. The molecule has 0 radical (unpaired) electrons. The normalized spacial score (nSPS) is 13.5. The second-order valence-electron chi connectivity index (χ2n) is 4.08. The molecule has 15 heavy (non-hydrogen) atoms. The third-order valence-electron chi connectivity index (χ3n) is 2.88. The van der Waals surface area contributed by atoms with Gasteiger partial charge in [0.05, 0.1) is 12.1 Å². The van der Waals surface area contributed by atoms with Crippen LogP contribution in [0.25, 0.3) is 0 Å². The Hall–Kier alpha value is -0.540. The van der Waals surface area contributed by atoms with Crippen LogP contribution in [0.4, 0.5) is 3.89 Å². The largest absolute Gasteiger partial charge is 0.297 e. The molecule has 1 atom stereocenters. The lowest BCUT2D eigenvalue weighted by molar-refractivity contribution is 0.210. The fraction of sp³-hybridized carbons (Fsp3) is 0.500. The number of hydrogen-bond acceptors (Lipinski definition) is 2. The van der Waals surface area contributed by atoms with Crippen LogP contribution >= 0.6 is 12.1 Å². The van der Waals surface area contributed by atoms with E-state index in [4.69, 9.17) is 0 Å². The monoisotopic (exact) mass is 227 g/mol. The van der Waals surface area contributed by atoms with Crippen molar-refractivity contribution in [3.8, 4) is 0 Å². The first kappa shape index (κ1) is 12.5. The topological polar surface area (TPSA) is 3.24 Å². The van der Waals surface area contributed by atoms with Crippen molar-refractivity contribution in [2.75, 3.05) is 7.05 Å². The molecule has 0 amide bonds. The van der Waals surface area contributed by atoms with Crippen LogP contribution in [0.3, 0.4) is 0 Å². The van der Waals surface area contributed by atoms with Gasteiger partial charge in [0.25, 0.3) is 0 Å². The van der Waals surface area contributed by atoms with Crippen molar-refractivity contribution in [3.63, 3.8) is 0 Å². The smallest absolute Gasteiger partial charge is 0.0812 e. The minimum Gasteiger partial charge on any atom is -0.297 e. The molecule has 0 aliphatic heterocycles. The zero-order valence-corrected chi connectivity index (χ0v) is 10.5. The van der Waals surface area contributed by atoms with Crippen molar-refractivity contribution in [2.24, 2.45) is 0 Å². The summed E-state index contributed by atoms with van der Waals surface area (Å²) in [5.41, 5.74) is 1.23. The van der Waals surface area contributed by atoms with Crippen LogP contribution in [-0.2, 0) is 0 Å². The van der Waals surface area contributed by atoms with Crippen LogP contribution in [0.5, 0.6) is 0 Å². The van der Waals surface area contributed by atoms with Gasteiger partial charge in [-0.1, -0.05) is 12.1 Å². The van der Waals surface area contributed by atoms with Crippen LogP contribution in [0, 0.1) is 0 Å². The van der Waals surface area contributed by atoms with Gasteiger partial charge in [0, 0.05) is 17.0 Å². The second-order valence-corrected chi connectivity index (χ2v) is 4.71. The Morgan fingerprint density at radius 2 is 1.67 bits per heavy atom. The van der Waals surface area contributed by atoms with Crippen LogP contribution in [0.2, 0.25) is 0 Å². The van der Waals surface area contributed by atoms with E-state index in [0.717, 1.165) is 0 Å². The molecule has 1 aromatic carbocycles. The third kappa shape index (κ3) is 3.21. The molecule has 0 aliphatic rings. The molecule has 1 nitrogen and oxygen atoms in total. The number of halogens is 1. The van der Waals surface area contributed by atoms with Crippen molar-refractivity contribution in [3.05, 3.63) is 29.8 Å². The molecule has 0 spiro atoms. The predicted molar refractivity (Wildman–Crippen MR) is 64.7 cm³/mol. The van der Waals surface area contributed by atoms with Gasteiger partial charge in [-0.2, -0.15) is 3.89 Å². The summed E-state index contributed by atoms with van der Waals surface area (Å²) in [6, 6.07) is 8.51. The van der Waals surface area contributed by atoms with Crippen LogP contribution in [0.15, 0.2) is 29.2 Å². The summed E-state index contributed by atoms with van der Waals surface area (Å²) in [6.07, 6.45) is 0. The Morgan fingerprint density at radius 3 is 2.07 bits per heavy atom. The Labute approximate surface area is 96.0 Å². The van der Waals surface area contributed by atoms with Gasteiger partial charge < -0.3 is 0 Å². The molecule has 3 heteroatoms. The quantitative estimate of drug-likeness (QED) is 0.763. The van der Waals surface area contributed by atoms with Crippen molar-refractivity contribution in [1.82, 2.24) is 4.90 Å². The summed E-state index contributed by atoms with van der Waals surface area (Å²) in [5.74, 6) is 0. The van der Waals surface area contributed by atoms with Crippen molar-refractivity contribution < 1.29 is 3.89 Å². The first-order valence-corrected chi connectivity index (χ1v) is 5.88. The molecule has 1 unspecified atom stereocenters. The molecule has 0 N–H and O–H groups in total. The Morgan fingerprint density at radius 1 is 1.13 bits per heavy atom. The first-order valence-electron chi connectivity index (χ1n) is 5.16. The molecular weight excluding hydrogens is 209 g/mol. The fourth-order valence-corrected chi connectivity index (χ4v) is 1.72. The van der Waals surface area contributed by atoms with Gasteiger partial charge in [0.15, 0.2) is 0 Å². The van der Waals surface area contributed by atoms with E-state index in [0.29, 0.717) is 29.1 Å². The van der Waals surface area contributed by atoms with E-state index in [9.17, 15) is 3.89 Å². The number of hydrogen-bond donors (Lipinski definition) is 0. The summed E-state index contributed by atoms with van der Waals surface area (Å²) in [5, 5.41) is 0. The van der Waals surface area contributed by atoms with E-state index >= 15 is 0 Å². The maximum atomic E-state index is 12.3. The first-order chi connectivity index (χ1) is 7.06. The van der Waals surface area contributed by atoms with E-state index in [-0.39, 0.29) is 0 Å². The molecule has 0 heterocycles. The lowest BCUT2D eigenvalue weighted by Gasteiger charge is -2.28. The number of rotatable bonds is 4. The summed E-state index contributed by atoms with van der Waals surface area (Å²) in [4.78, 5) is 2.95. The summed E-state index contributed by atoms with van der Waals surface area (Å²) in [7, 11) is 2.10. The summed E-state index contributed by atoms with van der Waals surface area (Å²) < 4.78 is 12.3. The van der Waals surface area contributed by atoms with Crippen LogP contribution in [-0.4, -0.2) is 18.0 Å². The highest BCUT2D eigenvalue weighted by atomic mass is 32.2. The van der Waals surface area contributed by atoms with Gasteiger partial charge in [-0.25, -0.2) is 0 Å². The van der Waals surface area contributed by atoms with Crippen molar-refractivity contribution in [2.45, 2.75) is 37.8 Å². The van der Waals surface area contributed by atoms with Gasteiger partial charge >= 0.3 is 0 Å². The Kier molecular flexibility index (Phi) is 4.61. The van der Waals surface area contributed by atoms with Crippen LogP contribution in [0.1, 0.15) is 32.4 Å². The average molecular weight is 227 g/mol. The van der Waals surface area contributed by atoms with Gasteiger partial charge in [-0.05, 0) is 45.5 Å². The SMILES string of the molecule is CC(C)N(C)C(C)c1ccc(SF)cc1. The van der Waals surface area contributed by atoms with E-state index in [1.54, 1.807) is 0 Å². The minimum absolute atomic E-state index is 0.290. The zero-order valence-electron chi connectivity index (χ0n) is 9.70. The second kappa shape index (κ2) is 5.52. The summed E-state index contributed by atoms with van der Waals surface area (Å²) >= 11 is 0.290. The highest BCUT2D eigenvalue weighted by molar-refractivity contribution is 7.94. The minimum atomic E-state index is 0.290. The standard InChI is InChI=1S/C12H18FNS/c1-9(2)14(4)10(3)11-5-7-12(15-13)8-6-11/h5-10H,1-4H3.